The number of hydrogen-bond acceptors (Lipinski definition) is 5. The molecule has 1 aromatic heterocycles. The van der Waals surface area contributed by atoms with Gasteiger partial charge in [-0.3, -0.25) is 4.79 Å². The lowest BCUT2D eigenvalue weighted by molar-refractivity contribution is 0.0691. The minimum Gasteiger partial charge on any atom is -0.504 e. The molecule has 21 heavy (non-hydrogen) atoms. The molecule has 1 amide bonds. The highest BCUT2D eigenvalue weighted by Gasteiger charge is 2.15. The van der Waals surface area contributed by atoms with Crippen LogP contribution in [-0.4, -0.2) is 34.2 Å². The third-order valence-electron chi connectivity index (χ3n) is 2.70. The summed E-state index contributed by atoms with van der Waals surface area (Å²) in [6, 6.07) is 7.05. The van der Waals surface area contributed by atoms with Gasteiger partial charge < -0.3 is 20.3 Å². The third kappa shape index (κ3) is 3.08. The second-order valence-electron chi connectivity index (χ2n) is 4.05. The van der Waals surface area contributed by atoms with Crippen LogP contribution < -0.4 is 10.1 Å². The lowest BCUT2D eigenvalue weighted by Crippen LogP contribution is -2.15. The van der Waals surface area contributed by atoms with Gasteiger partial charge in [-0.05, 0) is 30.3 Å². The highest BCUT2D eigenvalue weighted by molar-refractivity contribution is 6.07. The Morgan fingerprint density at radius 2 is 2.05 bits per heavy atom. The average Bonchev–Trinajstić information content (AvgIpc) is 2.47. The SMILES string of the molecule is COc1ccc(C(=O)Nc2cccnc2C(=O)O)cc1O. The average molecular weight is 288 g/mol. The van der Waals surface area contributed by atoms with Crippen molar-refractivity contribution in [1.82, 2.24) is 4.98 Å². The molecule has 1 heterocycles. The van der Waals surface area contributed by atoms with Crippen molar-refractivity contribution in [1.29, 1.82) is 0 Å². The first-order valence-corrected chi connectivity index (χ1v) is 5.89. The summed E-state index contributed by atoms with van der Waals surface area (Å²) in [5.41, 5.74) is -0.0256. The van der Waals surface area contributed by atoms with Gasteiger partial charge in [-0.2, -0.15) is 0 Å². The maximum Gasteiger partial charge on any atom is 0.356 e. The first kappa shape index (κ1) is 14.3. The van der Waals surface area contributed by atoms with E-state index < -0.39 is 11.9 Å². The molecule has 7 heteroatoms. The molecule has 2 aromatic rings. The van der Waals surface area contributed by atoms with Crippen molar-refractivity contribution in [2.75, 3.05) is 12.4 Å². The fourth-order valence-electron chi connectivity index (χ4n) is 1.70. The molecule has 2 rings (SSSR count). The number of carboxylic acid groups (broad SMARTS) is 1. The number of amides is 1. The second-order valence-corrected chi connectivity index (χ2v) is 4.05. The number of aromatic hydroxyl groups is 1. The van der Waals surface area contributed by atoms with Crippen LogP contribution in [0.1, 0.15) is 20.8 Å². The Balaban J connectivity index is 2.26. The van der Waals surface area contributed by atoms with Gasteiger partial charge in [0.25, 0.3) is 5.91 Å². The Hall–Kier alpha value is -3.09. The lowest BCUT2D eigenvalue weighted by Gasteiger charge is -2.09. The molecule has 0 atom stereocenters. The van der Waals surface area contributed by atoms with Gasteiger partial charge in [-0.1, -0.05) is 0 Å². The number of carbonyl (C=O) groups is 2. The number of methoxy groups -OCH3 is 1. The molecule has 3 N–H and O–H groups in total. The number of rotatable bonds is 4. The fraction of sp³-hybridized carbons (Fsp3) is 0.0714. The van der Waals surface area contributed by atoms with Crippen molar-refractivity contribution < 1.29 is 24.5 Å². The maximum absolute atomic E-state index is 12.1. The number of nitrogens with one attached hydrogen (secondary N) is 1. The van der Waals surface area contributed by atoms with E-state index in [4.69, 9.17) is 9.84 Å². The van der Waals surface area contributed by atoms with Gasteiger partial charge in [0.1, 0.15) is 0 Å². The molecule has 0 radical (unpaired) electrons. The monoisotopic (exact) mass is 288 g/mol. The van der Waals surface area contributed by atoms with E-state index in [-0.39, 0.29) is 28.4 Å². The Morgan fingerprint density at radius 1 is 1.29 bits per heavy atom. The summed E-state index contributed by atoms with van der Waals surface area (Å²) >= 11 is 0. The van der Waals surface area contributed by atoms with Gasteiger partial charge in [0.05, 0.1) is 12.8 Å². The molecule has 108 valence electrons. The molecular formula is C14H12N2O5. The predicted molar refractivity (Wildman–Crippen MR) is 73.8 cm³/mol. The molecule has 0 fully saturated rings. The van der Waals surface area contributed by atoms with Crippen molar-refractivity contribution in [3.63, 3.8) is 0 Å². The minimum atomic E-state index is -1.25. The third-order valence-corrected chi connectivity index (χ3v) is 2.70. The number of phenols is 1. The number of anilines is 1. The van der Waals surface area contributed by atoms with E-state index in [0.717, 1.165) is 0 Å². The van der Waals surface area contributed by atoms with Gasteiger partial charge in [-0.15, -0.1) is 0 Å². The largest absolute Gasteiger partial charge is 0.504 e. The minimum absolute atomic E-state index is 0.0744. The van der Waals surface area contributed by atoms with Gasteiger partial charge in [-0.25, -0.2) is 9.78 Å². The zero-order valence-electron chi connectivity index (χ0n) is 11.0. The smallest absolute Gasteiger partial charge is 0.356 e. The summed E-state index contributed by atoms with van der Waals surface area (Å²) in [6.45, 7) is 0. The number of hydrogen-bond donors (Lipinski definition) is 3. The standard InChI is InChI=1S/C14H12N2O5/c1-21-11-5-4-8(7-10(11)17)13(18)16-9-3-2-6-15-12(9)14(19)20/h2-7,17H,1H3,(H,16,18)(H,19,20). The molecule has 0 bridgehead atoms. The van der Waals surface area contributed by atoms with E-state index in [1.165, 1.54) is 43.6 Å². The van der Waals surface area contributed by atoms with Crippen LogP contribution in [0.3, 0.4) is 0 Å². The van der Waals surface area contributed by atoms with E-state index in [0.29, 0.717) is 0 Å². The molecule has 0 unspecified atom stereocenters. The van der Waals surface area contributed by atoms with Crippen molar-refractivity contribution in [3.8, 4) is 11.5 Å². The Morgan fingerprint density at radius 3 is 2.67 bits per heavy atom. The highest BCUT2D eigenvalue weighted by Crippen LogP contribution is 2.26. The Bertz CT molecular complexity index is 700. The summed E-state index contributed by atoms with van der Waals surface area (Å²) in [6.07, 6.45) is 1.32. The Kier molecular flexibility index (Phi) is 4.03. The predicted octanol–water partition coefficient (Wildman–Crippen LogP) is 1.75. The van der Waals surface area contributed by atoms with E-state index in [9.17, 15) is 14.7 Å². The quantitative estimate of drug-likeness (QED) is 0.790. The summed E-state index contributed by atoms with van der Waals surface area (Å²) in [5.74, 6) is -1.76. The molecule has 0 aliphatic carbocycles. The molecule has 0 aliphatic heterocycles. The summed E-state index contributed by atoms with van der Waals surface area (Å²) in [7, 11) is 1.39. The summed E-state index contributed by atoms with van der Waals surface area (Å²) in [4.78, 5) is 26.8. The molecule has 1 aromatic carbocycles. The van der Waals surface area contributed by atoms with Crippen LogP contribution in [0, 0.1) is 0 Å². The van der Waals surface area contributed by atoms with Crippen LogP contribution in [0.5, 0.6) is 11.5 Å². The number of phenolic OH excluding ortho intramolecular Hbond substituents is 1. The van der Waals surface area contributed by atoms with Crippen molar-refractivity contribution >= 4 is 17.6 Å². The molecular weight excluding hydrogens is 276 g/mol. The number of pyridine rings is 1. The number of carboxylic acids is 1. The number of aromatic nitrogens is 1. The zero-order chi connectivity index (χ0) is 15.4. The summed E-state index contributed by atoms with van der Waals surface area (Å²) < 4.78 is 4.88. The summed E-state index contributed by atoms with van der Waals surface area (Å²) in [5, 5.41) is 21.1. The van der Waals surface area contributed by atoms with E-state index in [2.05, 4.69) is 10.3 Å². The first-order valence-electron chi connectivity index (χ1n) is 5.89. The zero-order valence-corrected chi connectivity index (χ0v) is 11.0. The molecule has 0 spiro atoms. The van der Waals surface area contributed by atoms with E-state index >= 15 is 0 Å². The molecule has 0 saturated carbocycles. The molecule has 0 aliphatic rings. The van der Waals surface area contributed by atoms with E-state index in [1.807, 2.05) is 0 Å². The molecule has 7 nitrogen and oxygen atoms in total. The van der Waals surface area contributed by atoms with Crippen LogP contribution in [0.4, 0.5) is 5.69 Å². The number of nitrogens with zero attached hydrogens (tertiary/aromatic N) is 1. The van der Waals surface area contributed by atoms with Crippen LogP contribution >= 0.6 is 0 Å². The van der Waals surface area contributed by atoms with Crippen molar-refractivity contribution in [3.05, 3.63) is 47.8 Å². The van der Waals surface area contributed by atoms with Crippen LogP contribution in [0.25, 0.3) is 0 Å². The second kappa shape index (κ2) is 5.91. The lowest BCUT2D eigenvalue weighted by atomic mass is 10.1. The number of aromatic carboxylic acids is 1. The van der Waals surface area contributed by atoms with Gasteiger partial charge in [0, 0.05) is 11.8 Å². The van der Waals surface area contributed by atoms with Crippen LogP contribution in [0.15, 0.2) is 36.5 Å². The Labute approximate surface area is 119 Å². The number of carbonyl (C=O) groups excluding carboxylic acids is 1. The van der Waals surface area contributed by atoms with Gasteiger partial charge >= 0.3 is 5.97 Å². The van der Waals surface area contributed by atoms with E-state index in [1.54, 1.807) is 0 Å². The van der Waals surface area contributed by atoms with Crippen molar-refractivity contribution in [2.24, 2.45) is 0 Å². The normalized spacial score (nSPS) is 9.95. The van der Waals surface area contributed by atoms with Gasteiger partial charge in [0.2, 0.25) is 0 Å². The number of benzene rings is 1. The highest BCUT2D eigenvalue weighted by atomic mass is 16.5. The van der Waals surface area contributed by atoms with Crippen LogP contribution in [-0.2, 0) is 0 Å². The van der Waals surface area contributed by atoms with Crippen LogP contribution in [0.2, 0.25) is 0 Å². The maximum atomic E-state index is 12.1. The van der Waals surface area contributed by atoms with Gasteiger partial charge in [0.15, 0.2) is 17.2 Å². The molecule has 0 saturated heterocycles. The fourth-order valence-corrected chi connectivity index (χ4v) is 1.70. The number of ether oxygens (including phenoxy) is 1. The first-order chi connectivity index (χ1) is 10.0. The van der Waals surface area contributed by atoms with Crippen molar-refractivity contribution in [2.45, 2.75) is 0 Å². The topological polar surface area (TPSA) is 109 Å².